The minimum absolute atomic E-state index is 0.0342. The van der Waals surface area contributed by atoms with Crippen LogP contribution in [0.15, 0.2) is 46.1 Å². The van der Waals surface area contributed by atoms with Crippen molar-refractivity contribution in [2.75, 3.05) is 26.2 Å². The molecule has 2 aliphatic rings. The van der Waals surface area contributed by atoms with Gasteiger partial charge in [0, 0.05) is 35.7 Å². The van der Waals surface area contributed by atoms with Gasteiger partial charge in [-0.3, -0.25) is 13.9 Å². The van der Waals surface area contributed by atoms with Gasteiger partial charge in [-0.05, 0) is 68.6 Å². The first-order valence-corrected chi connectivity index (χ1v) is 14.6. The van der Waals surface area contributed by atoms with Crippen LogP contribution in [0, 0.1) is 0 Å². The number of alkyl halides is 3. The van der Waals surface area contributed by atoms with Crippen LogP contribution in [0.2, 0.25) is 10.0 Å². The van der Waals surface area contributed by atoms with E-state index in [2.05, 4.69) is 4.90 Å². The van der Waals surface area contributed by atoms with Crippen LogP contribution in [0.5, 0.6) is 0 Å². The molecule has 8 nitrogen and oxygen atoms in total. The van der Waals surface area contributed by atoms with Crippen LogP contribution < -0.4 is 5.69 Å². The number of rotatable bonds is 7. The van der Waals surface area contributed by atoms with E-state index in [1.165, 1.54) is 28.8 Å². The second-order valence-corrected chi connectivity index (χ2v) is 12.5. The minimum Gasteiger partial charge on any atom is -0.303 e. The van der Waals surface area contributed by atoms with E-state index in [9.17, 15) is 31.2 Å². The molecule has 0 saturated carbocycles. The highest BCUT2D eigenvalue weighted by Gasteiger charge is 2.40. The van der Waals surface area contributed by atoms with Crippen LogP contribution in [0.3, 0.4) is 0 Å². The number of aromatic nitrogens is 2. The third kappa shape index (κ3) is 5.44. The Labute approximate surface area is 232 Å². The summed E-state index contributed by atoms with van der Waals surface area (Å²) in [7, 11) is -3.89. The monoisotopic (exact) mass is 604 g/mol. The molecular formula is C25H25Cl2F3N4O4S. The Kier molecular flexibility index (Phi) is 7.51. The number of fused-ring (bicyclic) bond motifs is 2. The number of carbonyl (C=O) groups is 1. The summed E-state index contributed by atoms with van der Waals surface area (Å²) in [6.45, 7) is 0.583. The number of hydrogen-bond donors (Lipinski definition) is 0. The van der Waals surface area contributed by atoms with Gasteiger partial charge in [0.2, 0.25) is 0 Å². The molecule has 3 heterocycles. The van der Waals surface area contributed by atoms with Gasteiger partial charge in [0.15, 0.2) is 0 Å². The molecule has 210 valence electrons. The van der Waals surface area contributed by atoms with E-state index in [1.807, 2.05) is 0 Å². The Morgan fingerprint density at radius 2 is 1.54 bits per heavy atom. The van der Waals surface area contributed by atoms with E-state index >= 15 is 0 Å². The number of sulfonamides is 1. The van der Waals surface area contributed by atoms with Crippen LogP contribution >= 0.6 is 23.2 Å². The number of amides is 1. The molecule has 0 bridgehead atoms. The summed E-state index contributed by atoms with van der Waals surface area (Å²) < 4.78 is 68.1. The van der Waals surface area contributed by atoms with Crippen LogP contribution in [0.1, 0.15) is 42.1 Å². The third-order valence-corrected chi connectivity index (χ3v) is 9.55. The number of imidazole rings is 1. The lowest BCUT2D eigenvalue weighted by Crippen LogP contribution is -2.39. The van der Waals surface area contributed by atoms with Crippen LogP contribution in [0.4, 0.5) is 13.2 Å². The Morgan fingerprint density at radius 1 is 0.897 bits per heavy atom. The Hall–Kier alpha value is -2.54. The van der Waals surface area contributed by atoms with Crippen molar-refractivity contribution in [1.29, 1.82) is 0 Å². The van der Waals surface area contributed by atoms with Crippen LogP contribution in [-0.2, 0) is 16.6 Å². The largest absolute Gasteiger partial charge is 0.406 e. The maximum atomic E-state index is 13.2. The normalized spacial score (nSPS) is 18.3. The summed E-state index contributed by atoms with van der Waals surface area (Å²) >= 11 is 11.9. The number of unbranched alkanes of at least 4 members (excludes halogenated alkanes) is 1. The van der Waals surface area contributed by atoms with Gasteiger partial charge in [-0.1, -0.05) is 23.2 Å². The van der Waals surface area contributed by atoms with Gasteiger partial charge in [-0.2, -0.15) is 13.2 Å². The lowest BCUT2D eigenvalue weighted by molar-refractivity contribution is -0.140. The number of hydrogen-bond acceptors (Lipinski definition) is 5. The third-order valence-electron chi connectivity index (χ3n) is 7.24. The van der Waals surface area contributed by atoms with Crippen molar-refractivity contribution in [3.63, 3.8) is 0 Å². The number of benzene rings is 2. The zero-order valence-corrected chi connectivity index (χ0v) is 23.0. The summed E-state index contributed by atoms with van der Waals surface area (Å²) in [5.41, 5.74) is -0.0468. The highest BCUT2D eigenvalue weighted by atomic mass is 35.5. The first-order chi connectivity index (χ1) is 18.4. The molecule has 1 saturated heterocycles. The molecule has 1 fully saturated rings. The van der Waals surface area contributed by atoms with Crippen molar-refractivity contribution in [1.82, 2.24) is 18.3 Å². The second-order valence-electron chi connectivity index (χ2n) is 9.79. The molecule has 3 aromatic rings. The zero-order chi connectivity index (χ0) is 28.1. The number of piperidine rings is 1. The van der Waals surface area contributed by atoms with E-state index < -0.39 is 34.3 Å². The molecule has 0 radical (unpaired) electrons. The van der Waals surface area contributed by atoms with Gasteiger partial charge in [0.05, 0.1) is 16.6 Å². The molecular weight excluding hydrogens is 580 g/mol. The quantitative estimate of drug-likeness (QED) is 0.357. The maximum Gasteiger partial charge on any atom is 0.406 e. The van der Waals surface area contributed by atoms with Gasteiger partial charge < -0.3 is 4.90 Å². The maximum absolute atomic E-state index is 13.2. The fourth-order valence-corrected chi connectivity index (χ4v) is 7.33. The topological polar surface area (TPSA) is 84.6 Å². The minimum atomic E-state index is -4.55. The molecule has 0 aliphatic carbocycles. The highest BCUT2D eigenvalue weighted by molar-refractivity contribution is 7.90. The van der Waals surface area contributed by atoms with Crippen LogP contribution in [0.25, 0.3) is 11.0 Å². The Balaban J connectivity index is 1.19. The van der Waals surface area contributed by atoms with Crippen molar-refractivity contribution in [3.8, 4) is 0 Å². The van der Waals surface area contributed by atoms with Gasteiger partial charge >= 0.3 is 11.9 Å². The molecule has 2 aliphatic heterocycles. The standard InChI is InChI=1S/C25H25Cl2F3N4O4S/c26-16-4-6-22-19(13-16)23(35)33(39(22,37)38)10-2-1-9-31-11-7-18(8-12-31)34-20-5-3-17(27)14-21(20)32(24(34)36)15-25(28,29)30/h3-6,13-14,18H,1-2,7-12,15H2. The highest BCUT2D eigenvalue weighted by Crippen LogP contribution is 2.33. The molecule has 0 spiro atoms. The first kappa shape index (κ1) is 28.0. The van der Waals surface area contributed by atoms with Crippen molar-refractivity contribution in [3.05, 3.63) is 62.5 Å². The van der Waals surface area contributed by atoms with E-state index in [1.54, 1.807) is 12.1 Å². The van der Waals surface area contributed by atoms with Gasteiger partial charge in [-0.15, -0.1) is 0 Å². The van der Waals surface area contributed by atoms with Crippen molar-refractivity contribution in [2.45, 2.75) is 49.3 Å². The van der Waals surface area contributed by atoms with Gasteiger partial charge in [0.25, 0.3) is 15.9 Å². The fourth-order valence-electron chi connectivity index (χ4n) is 5.41. The van der Waals surface area contributed by atoms with Crippen LogP contribution in [-0.4, -0.2) is 65.0 Å². The van der Waals surface area contributed by atoms with Gasteiger partial charge in [0.1, 0.15) is 11.4 Å². The molecule has 0 atom stereocenters. The predicted molar refractivity (Wildman–Crippen MR) is 141 cm³/mol. The van der Waals surface area contributed by atoms with Crippen molar-refractivity contribution >= 4 is 50.2 Å². The SMILES string of the molecule is O=C1c2cc(Cl)ccc2S(=O)(=O)N1CCCCN1CCC(n2c(=O)n(CC(F)(F)F)c3cc(Cl)ccc32)CC1. The number of carbonyl (C=O) groups excluding carboxylic acids is 1. The molecule has 5 rings (SSSR count). The summed E-state index contributed by atoms with van der Waals surface area (Å²) in [6, 6.07) is 8.41. The average Bonchev–Trinajstić information content (AvgIpc) is 3.22. The predicted octanol–water partition coefficient (Wildman–Crippen LogP) is 4.93. The summed E-state index contributed by atoms with van der Waals surface area (Å²) in [5, 5.41) is 0.542. The molecule has 0 N–H and O–H groups in total. The summed E-state index contributed by atoms with van der Waals surface area (Å²) in [4.78, 5) is 27.8. The van der Waals surface area contributed by atoms with Crippen molar-refractivity contribution in [2.24, 2.45) is 0 Å². The molecule has 1 aromatic heterocycles. The summed E-state index contributed by atoms with van der Waals surface area (Å²) in [5.74, 6) is -0.579. The van der Waals surface area contributed by atoms with E-state index in [0.717, 1.165) is 8.87 Å². The second kappa shape index (κ2) is 10.5. The van der Waals surface area contributed by atoms with E-state index in [0.29, 0.717) is 55.9 Å². The van der Waals surface area contributed by atoms with E-state index in [-0.39, 0.29) is 33.6 Å². The van der Waals surface area contributed by atoms with Crippen molar-refractivity contribution < 1.29 is 26.4 Å². The molecule has 1 amide bonds. The first-order valence-electron chi connectivity index (χ1n) is 12.4. The Morgan fingerprint density at radius 3 is 2.23 bits per heavy atom. The summed E-state index contributed by atoms with van der Waals surface area (Å²) in [6.07, 6.45) is -2.29. The van der Waals surface area contributed by atoms with E-state index in [4.69, 9.17) is 23.2 Å². The van der Waals surface area contributed by atoms with Gasteiger partial charge in [-0.25, -0.2) is 17.5 Å². The fraction of sp³-hybridized carbons (Fsp3) is 0.440. The lowest BCUT2D eigenvalue weighted by atomic mass is 10.0. The molecule has 2 aromatic carbocycles. The number of nitrogens with zero attached hydrogens (tertiary/aromatic N) is 4. The molecule has 0 unspecified atom stereocenters. The Bertz CT molecular complexity index is 1600. The average molecular weight is 605 g/mol. The molecule has 39 heavy (non-hydrogen) atoms. The smallest absolute Gasteiger partial charge is 0.303 e. The number of halogens is 5. The lowest BCUT2D eigenvalue weighted by Gasteiger charge is -2.32. The number of likely N-dealkylation sites (tertiary alicyclic amines) is 1. The molecule has 14 heteroatoms. The zero-order valence-electron chi connectivity index (χ0n) is 20.6.